The lowest BCUT2D eigenvalue weighted by Gasteiger charge is -2.40. The van der Waals surface area contributed by atoms with E-state index in [0.717, 1.165) is 6.42 Å². The molecule has 4 N–H and O–H groups in total. The van der Waals surface area contributed by atoms with Gasteiger partial charge in [-0.25, -0.2) is 13.2 Å². The largest absolute Gasteiger partial charge is 0.389 e. The molecule has 5 amide bonds. The Kier molecular flexibility index (Phi) is 12.9. The molecule has 4 unspecified atom stereocenters. The number of nitrogens with zero attached hydrogens (tertiary/aromatic N) is 1. The van der Waals surface area contributed by atoms with Gasteiger partial charge in [0.15, 0.2) is 9.84 Å². The molecular weight excluding hydrogens is 728 g/mol. The molecule has 2 aliphatic carbocycles. The molecule has 2 saturated carbocycles. The van der Waals surface area contributed by atoms with Crippen LogP contribution in [0.25, 0.3) is 0 Å². The minimum Gasteiger partial charge on any atom is -0.348 e. The Labute approximate surface area is 315 Å². The number of terminal acetylenes is 1. The van der Waals surface area contributed by atoms with E-state index in [2.05, 4.69) is 27.2 Å². The van der Waals surface area contributed by atoms with Crippen LogP contribution in [-0.4, -0.2) is 91.5 Å². The van der Waals surface area contributed by atoms with Gasteiger partial charge >= 0.3 is 12.2 Å². The fraction of sp³-hybridized carbons (Fsp3) is 0.658. The maximum absolute atomic E-state index is 14.4. The van der Waals surface area contributed by atoms with E-state index in [4.69, 9.17) is 6.42 Å². The van der Waals surface area contributed by atoms with Crippen LogP contribution in [0.5, 0.6) is 0 Å². The molecule has 3 aliphatic rings. The number of alkyl halides is 3. The molecule has 12 nitrogen and oxygen atoms in total. The van der Waals surface area contributed by atoms with Crippen LogP contribution in [0.4, 0.5) is 18.0 Å². The quantitative estimate of drug-likeness (QED) is 0.126. The number of ketones is 1. The van der Waals surface area contributed by atoms with Crippen molar-refractivity contribution >= 4 is 39.4 Å². The summed E-state index contributed by atoms with van der Waals surface area (Å²) in [7, 11) is -3.80. The van der Waals surface area contributed by atoms with Crippen LogP contribution in [0.2, 0.25) is 0 Å². The van der Waals surface area contributed by atoms with Crippen LogP contribution in [-0.2, 0) is 29.0 Å². The summed E-state index contributed by atoms with van der Waals surface area (Å²) < 4.78 is 66.7. The lowest BCUT2D eigenvalue weighted by molar-refractivity contribution is -0.148. The van der Waals surface area contributed by atoms with Gasteiger partial charge in [0.2, 0.25) is 17.6 Å². The number of carbonyl (C=O) groups is 5. The number of halogens is 3. The highest BCUT2D eigenvalue weighted by molar-refractivity contribution is 7.91. The zero-order chi connectivity index (χ0) is 40.3. The van der Waals surface area contributed by atoms with E-state index in [1.165, 1.54) is 17.0 Å². The third kappa shape index (κ3) is 10.1. The topological polar surface area (TPSA) is 171 Å². The Hall–Kier alpha value is -4.13. The van der Waals surface area contributed by atoms with Crippen LogP contribution < -0.4 is 21.3 Å². The number of fused-ring (bicyclic) bond motifs is 1. The van der Waals surface area contributed by atoms with Gasteiger partial charge in [-0.3, -0.25) is 19.2 Å². The summed E-state index contributed by atoms with van der Waals surface area (Å²) in [6, 6.07) is 2.93. The Morgan fingerprint density at radius 2 is 1.63 bits per heavy atom. The van der Waals surface area contributed by atoms with Gasteiger partial charge in [-0.05, 0) is 54.1 Å². The Morgan fingerprint density at radius 1 is 1.00 bits per heavy atom. The highest BCUT2D eigenvalue weighted by Gasteiger charge is 2.70. The Bertz CT molecular complexity index is 1730. The van der Waals surface area contributed by atoms with Crippen LogP contribution in [0.15, 0.2) is 35.2 Å². The van der Waals surface area contributed by atoms with Crippen molar-refractivity contribution in [2.45, 2.75) is 121 Å². The van der Waals surface area contributed by atoms with Crippen LogP contribution in [0.1, 0.15) is 86.0 Å². The van der Waals surface area contributed by atoms with Gasteiger partial charge in [0.25, 0.3) is 5.91 Å². The average molecular weight is 780 g/mol. The standard InChI is InChI=1S/C38H52F3N5O7S/c1-7-8-21-42-32(49)29(47)26(17-20-38(39,40)41)43-31(48)28-27-25(36(27,5)6)22-46(28)33(50)30(35(2,3)4)44-34(51)45-37(18-13-10-14-19-37)23-54(52,53)24-15-11-9-12-16-24/h1,9,11-12,15-16,25-28,30H,8,10,13-14,17-23H2,2-6H3,(H,42,49)(H,43,48)(H2,44,45,51)/t25?,26?,27?,28?,30-/m1/s1. The number of piperidine rings is 1. The van der Waals surface area contributed by atoms with Crippen molar-refractivity contribution < 1.29 is 45.6 Å². The molecule has 0 radical (unpaired) electrons. The first kappa shape index (κ1) is 42.6. The van der Waals surface area contributed by atoms with Gasteiger partial charge in [0.1, 0.15) is 12.1 Å². The maximum Gasteiger partial charge on any atom is 0.389 e. The minimum absolute atomic E-state index is 0.0741. The van der Waals surface area contributed by atoms with Crippen molar-refractivity contribution in [2.24, 2.45) is 22.7 Å². The van der Waals surface area contributed by atoms with Gasteiger partial charge in [-0.1, -0.05) is 72.1 Å². The maximum atomic E-state index is 14.4. The number of urea groups is 1. The number of rotatable bonds is 14. The SMILES string of the molecule is C#CCCNC(=O)C(=O)C(CCC(F)(F)F)NC(=O)C1C2C(CN1C(=O)[C@@H](NC(=O)NC1(CS(=O)(=O)c3ccccc3)CCCCC1)C(C)(C)C)C2(C)C. The predicted octanol–water partition coefficient (Wildman–Crippen LogP) is 3.90. The fourth-order valence-corrected chi connectivity index (χ4v) is 9.80. The fourth-order valence-electron chi connectivity index (χ4n) is 7.97. The number of likely N-dealkylation sites (tertiary alicyclic amines) is 1. The molecule has 16 heteroatoms. The van der Waals surface area contributed by atoms with Crippen LogP contribution in [0.3, 0.4) is 0 Å². The summed E-state index contributed by atoms with van der Waals surface area (Å²) in [5.74, 6) is -2.62. The highest BCUT2D eigenvalue weighted by Crippen LogP contribution is 2.65. The van der Waals surface area contributed by atoms with Crippen LogP contribution >= 0.6 is 0 Å². The molecule has 0 spiro atoms. The van der Waals surface area contributed by atoms with Gasteiger partial charge < -0.3 is 26.2 Å². The molecule has 54 heavy (non-hydrogen) atoms. The first-order valence-electron chi connectivity index (χ1n) is 18.3. The first-order valence-corrected chi connectivity index (χ1v) is 20.0. The van der Waals surface area contributed by atoms with E-state index in [-0.39, 0.29) is 36.1 Å². The number of hydrogen-bond acceptors (Lipinski definition) is 7. The summed E-state index contributed by atoms with van der Waals surface area (Å²) in [4.78, 5) is 69.3. The molecular formula is C38H52F3N5O7S. The zero-order valence-corrected chi connectivity index (χ0v) is 32.3. The molecule has 0 aromatic heterocycles. The smallest absolute Gasteiger partial charge is 0.348 e. The Balaban J connectivity index is 1.56. The Morgan fingerprint density at radius 3 is 2.20 bits per heavy atom. The number of sulfone groups is 1. The lowest BCUT2D eigenvalue weighted by atomic mass is 9.83. The van der Waals surface area contributed by atoms with E-state index in [1.807, 2.05) is 13.8 Å². The van der Waals surface area contributed by atoms with E-state index >= 15 is 0 Å². The van der Waals surface area contributed by atoms with Gasteiger partial charge in [-0.2, -0.15) is 13.2 Å². The predicted molar refractivity (Wildman–Crippen MR) is 194 cm³/mol. The summed E-state index contributed by atoms with van der Waals surface area (Å²) >= 11 is 0. The third-order valence-electron chi connectivity index (χ3n) is 11.0. The van der Waals surface area contributed by atoms with Crippen molar-refractivity contribution in [1.29, 1.82) is 0 Å². The number of carbonyl (C=O) groups excluding carboxylic acids is 5. The molecule has 1 aromatic rings. The second-order valence-corrected chi connectivity index (χ2v) is 18.5. The number of benzene rings is 1. The highest BCUT2D eigenvalue weighted by atomic mass is 32.2. The number of Topliss-reactive ketones (excluding diaryl/α,β-unsaturated/α-hetero) is 1. The summed E-state index contributed by atoms with van der Waals surface area (Å²) in [5, 5.41) is 10.3. The lowest BCUT2D eigenvalue weighted by Crippen LogP contribution is -2.63. The molecule has 5 atom stereocenters. The zero-order valence-electron chi connectivity index (χ0n) is 31.5. The third-order valence-corrected chi connectivity index (χ3v) is 13.0. The number of hydrogen-bond donors (Lipinski definition) is 4. The molecule has 3 fully saturated rings. The van der Waals surface area contributed by atoms with Crippen molar-refractivity contribution in [3.63, 3.8) is 0 Å². The number of nitrogens with one attached hydrogen (secondary N) is 4. The minimum atomic E-state index is -4.68. The molecule has 1 saturated heterocycles. The van der Waals surface area contributed by atoms with E-state index in [0.29, 0.717) is 25.7 Å². The summed E-state index contributed by atoms with van der Waals surface area (Å²) in [6.07, 6.45) is 1.27. The van der Waals surface area contributed by atoms with Crippen molar-refractivity contribution in [1.82, 2.24) is 26.2 Å². The van der Waals surface area contributed by atoms with Crippen molar-refractivity contribution in [2.75, 3.05) is 18.8 Å². The monoisotopic (exact) mass is 779 g/mol. The molecule has 1 aliphatic heterocycles. The van der Waals surface area contributed by atoms with Gasteiger partial charge in [-0.15, -0.1) is 12.3 Å². The summed E-state index contributed by atoms with van der Waals surface area (Å²) in [5.41, 5.74) is -2.44. The second-order valence-electron chi connectivity index (χ2n) is 16.5. The average Bonchev–Trinajstić information content (AvgIpc) is 3.38. The van der Waals surface area contributed by atoms with E-state index in [1.54, 1.807) is 39.0 Å². The molecule has 1 heterocycles. The molecule has 4 rings (SSSR count). The van der Waals surface area contributed by atoms with Crippen molar-refractivity contribution in [3.05, 3.63) is 30.3 Å². The second kappa shape index (κ2) is 16.3. The molecule has 1 aromatic carbocycles. The van der Waals surface area contributed by atoms with Gasteiger partial charge in [0, 0.05) is 25.9 Å². The van der Waals surface area contributed by atoms with Crippen molar-refractivity contribution in [3.8, 4) is 12.3 Å². The molecule has 0 bridgehead atoms. The van der Waals surface area contributed by atoms with E-state index < -0.39 is 98.8 Å². The van der Waals surface area contributed by atoms with E-state index in [9.17, 15) is 45.6 Å². The normalized spacial score (nSPS) is 22.8. The van der Waals surface area contributed by atoms with Crippen LogP contribution in [0, 0.1) is 35.0 Å². The van der Waals surface area contributed by atoms with Gasteiger partial charge in [0.05, 0.1) is 22.2 Å². The summed E-state index contributed by atoms with van der Waals surface area (Å²) in [6.45, 7) is 8.96. The first-order chi connectivity index (χ1) is 25.0. The molecule has 298 valence electrons. The number of amides is 5.